The topological polar surface area (TPSA) is 0 Å². The van der Waals surface area contributed by atoms with E-state index in [0.29, 0.717) is 16.7 Å². The van der Waals surface area contributed by atoms with E-state index < -0.39 is 0 Å². The Bertz CT molecular complexity index is 224. The summed E-state index contributed by atoms with van der Waals surface area (Å²) in [5.74, 6) is 0.591. The van der Waals surface area contributed by atoms with Crippen LogP contribution in [0.15, 0.2) is 11.6 Å². The zero-order valence-corrected chi connectivity index (χ0v) is 10.4. The first-order valence-corrected chi connectivity index (χ1v) is 5.43. The van der Waals surface area contributed by atoms with E-state index in [0.717, 1.165) is 0 Å². The zero-order chi connectivity index (χ0) is 10.4. The van der Waals surface area contributed by atoms with E-state index in [4.69, 9.17) is 11.6 Å². The van der Waals surface area contributed by atoms with Crippen molar-refractivity contribution in [3.05, 3.63) is 11.6 Å². The Balaban J connectivity index is 2.75. The molecule has 1 rings (SSSR count). The molecule has 2 atom stereocenters. The molecule has 0 nitrogen and oxygen atoms in total. The molecule has 0 unspecified atom stereocenters. The highest BCUT2D eigenvalue weighted by Gasteiger charge is 2.49. The highest BCUT2D eigenvalue weighted by molar-refractivity contribution is 6.25. The molecule has 0 N–H and O–H groups in total. The predicted molar refractivity (Wildman–Crippen MR) is 60.1 cm³/mol. The van der Waals surface area contributed by atoms with E-state index in [2.05, 4.69) is 47.6 Å². The molecule has 76 valence electrons. The summed E-state index contributed by atoms with van der Waals surface area (Å²) in [6.45, 7) is 13.5. The van der Waals surface area contributed by atoms with Gasteiger partial charge in [-0.05, 0) is 16.4 Å². The molecule has 0 aliphatic heterocycles. The summed E-state index contributed by atoms with van der Waals surface area (Å²) < 4.78 is 0. The van der Waals surface area contributed by atoms with Gasteiger partial charge in [0.25, 0.3) is 0 Å². The molecule has 0 aromatic rings. The molecule has 13 heavy (non-hydrogen) atoms. The number of allylic oxidation sites excluding steroid dienone is 2. The van der Waals surface area contributed by atoms with Gasteiger partial charge in [-0.3, -0.25) is 0 Å². The van der Waals surface area contributed by atoms with Crippen molar-refractivity contribution in [3.63, 3.8) is 0 Å². The quantitative estimate of drug-likeness (QED) is 0.405. The number of hydrogen-bond acceptors (Lipinski definition) is 0. The Hall–Kier alpha value is 0.0300. The maximum atomic E-state index is 6.24. The molecule has 1 heteroatoms. The van der Waals surface area contributed by atoms with Gasteiger partial charge in [0.05, 0.1) is 5.38 Å². The van der Waals surface area contributed by atoms with Crippen molar-refractivity contribution in [3.8, 4) is 0 Å². The monoisotopic (exact) mass is 200 g/mol. The molecule has 0 amide bonds. The number of halogens is 1. The minimum atomic E-state index is 0.266. The van der Waals surface area contributed by atoms with E-state index in [1.54, 1.807) is 0 Å². The smallest absolute Gasteiger partial charge is 0.0619 e. The summed E-state index contributed by atoms with van der Waals surface area (Å²) >= 11 is 6.24. The second kappa shape index (κ2) is 3.02. The van der Waals surface area contributed by atoms with E-state index in [9.17, 15) is 0 Å². The first-order valence-electron chi connectivity index (χ1n) is 4.99. The zero-order valence-electron chi connectivity index (χ0n) is 9.61. The van der Waals surface area contributed by atoms with Crippen molar-refractivity contribution < 1.29 is 0 Å². The van der Waals surface area contributed by atoms with Crippen molar-refractivity contribution in [1.29, 1.82) is 0 Å². The fraction of sp³-hybridized carbons (Fsp3) is 0.833. The van der Waals surface area contributed by atoms with Gasteiger partial charge in [0, 0.05) is 5.92 Å². The number of rotatable bonds is 0. The lowest BCUT2D eigenvalue weighted by atomic mass is 9.88. The maximum absolute atomic E-state index is 6.24. The van der Waals surface area contributed by atoms with Gasteiger partial charge in [-0.25, -0.2) is 0 Å². The number of alkyl halides is 1. The highest BCUT2D eigenvalue weighted by Crippen LogP contribution is 2.54. The van der Waals surface area contributed by atoms with Crippen LogP contribution in [0.4, 0.5) is 0 Å². The second-order valence-corrected chi connectivity index (χ2v) is 6.73. The van der Waals surface area contributed by atoms with Crippen LogP contribution < -0.4 is 0 Å². The van der Waals surface area contributed by atoms with E-state index in [1.165, 1.54) is 5.57 Å². The minimum Gasteiger partial charge on any atom is -0.117 e. The highest BCUT2D eigenvalue weighted by atomic mass is 35.5. The van der Waals surface area contributed by atoms with Crippen molar-refractivity contribution in [2.75, 3.05) is 0 Å². The van der Waals surface area contributed by atoms with Crippen LogP contribution in [-0.4, -0.2) is 5.38 Å². The maximum Gasteiger partial charge on any atom is 0.0619 e. The summed E-state index contributed by atoms with van der Waals surface area (Å²) in [7, 11) is 0. The van der Waals surface area contributed by atoms with Crippen molar-refractivity contribution >= 4 is 11.6 Å². The molecule has 0 spiro atoms. The van der Waals surface area contributed by atoms with Gasteiger partial charge >= 0.3 is 0 Å². The predicted octanol–water partition coefficient (Wildman–Crippen LogP) is 4.24. The summed E-state index contributed by atoms with van der Waals surface area (Å²) in [4.78, 5) is 0. The molecule has 1 aliphatic carbocycles. The van der Waals surface area contributed by atoms with Gasteiger partial charge in [0.1, 0.15) is 0 Å². The van der Waals surface area contributed by atoms with Crippen LogP contribution >= 0.6 is 11.6 Å². The third kappa shape index (κ3) is 2.74. The third-order valence-electron chi connectivity index (χ3n) is 2.39. The van der Waals surface area contributed by atoms with Crippen LogP contribution in [0.1, 0.15) is 41.5 Å². The molecule has 0 aromatic carbocycles. The SMILES string of the molecule is CC(C)(C)/C=C1/[C@@H](Cl)[C@H]1C(C)(C)C. The first kappa shape index (κ1) is 11.1. The molecule has 1 fully saturated rings. The van der Waals surface area contributed by atoms with Gasteiger partial charge in [0.15, 0.2) is 0 Å². The molecule has 1 aliphatic rings. The standard InChI is InChI=1S/C12H21Cl/c1-11(2,3)7-8-9(10(8)13)12(4,5)6/h7,9-10H,1-6H3/b8-7+/t9-,10+/m0/s1. The summed E-state index contributed by atoms with van der Waals surface area (Å²) in [5, 5.41) is 0.291. The van der Waals surface area contributed by atoms with Gasteiger partial charge in [-0.1, -0.05) is 47.6 Å². The van der Waals surface area contributed by atoms with Crippen LogP contribution in [-0.2, 0) is 0 Å². The number of hydrogen-bond donors (Lipinski definition) is 0. The molecular weight excluding hydrogens is 180 g/mol. The molecular formula is C12H21Cl. The van der Waals surface area contributed by atoms with Crippen LogP contribution in [0.2, 0.25) is 0 Å². The van der Waals surface area contributed by atoms with Crippen LogP contribution in [0.25, 0.3) is 0 Å². The van der Waals surface area contributed by atoms with Gasteiger partial charge < -0.3 is 0 Å². The minimum absolute atomic E-state index is 0.266. The van der Waals surface area contributed by atoms with Crippen molar-refractivity contribution in [1.82, 2.24) is 0 Å². The largest absolute Gasteiger partial charge is 0.117 e. The third-order valence-corrected chi connectivity index (χ3v) is 2.90. The second-order valence-electron chi connectivity index (χ2n) is 6.26. The van der Waals surface area contributed by atoms with E-state index >= 15 is 0 Å². The average molecular weight is 201 g/mol. The Morgan fingerprint density at radius 3 is 1.77 bits per heavy atom. The average Bonchev–Trinajstić information content (AvgIpc) is 2.34. The summed E-state index contributed by atoms with van der Waals surface area (Å²) in [6, 6.07) is 0. The molecule has 0 aromatic heterocycles. The summed E-state index contributed by atoms with van der Waals surface area (Å²) in [5.41, 5.74) is 2.04. The fourth-order valence-electron chi connectivity index (χ4n) is 1.86. The normalized spacial score (nSPS) is 32.4. The Morgan fingerprint density at radius 1 is 1.08 bits per heavy atom. The van der Waals surface area contributed by atoms with Crippen LogP contribution in [0.5, 0.6) is 0 Å². The Morgan fingerprint density at radius 2 is 1.54 bits per heavy atom. The van der Waals surface area contributed by atoms with E-state index in [1.807, 2.05) is 0 Å². The molecule has 0 radical (unpaired) electrons. The molecule has 1 saturated carbocycles. The van der Waals surface area contributed by atoms with Crippen LogP contribution in [0.3, 0.4) is 0 Å². The van der Waals surface area contributed by atoms with Crippen LogP contribution in [0, 0.1) is 16.7 Å². The Labute approximate surface area is 87.4 Å². The lowest BCUT2D eigenvalue weighted by Crippen LogP contribution is -2.09. The van der Waals surface area contributed by atoms with Gasteiger partial charge in [-0.2, -0.15) is 0 Å². The Kier molecular flexibility index (Phi) is 2.58. The summed E-state index contributed by atoms with van der Waals surface area (Å²) in [6.07, 6.45) is 2.33. The van der Waals surface area contributed by atoms with Gasteiger partial charge in [0.2, 0.25) is 0 Å². The lowest BCUT2D eigenvalue weighted by molar-refractivity contribution is 0.363. The van der Waals surface area contributed by atoms with Gasteiger partial charge in [-0.15, -0.1) is 11.6 Å². The van der Waals surface area contributed by atoms with Crippen molar-refractivity contribution in [2.24, 2.45) is 16.7 Å². The van der Waals surface area contributed by atoms with E-state index in [-0.39, 0.29) is 5.41 Å². The molecule has 0 bridgehead atoms. The first-order chi connectivity index (χ1) is 5.63. The lowest BCUT2D eigenvalue weighted by Gasteiger charge is -2.17. The molecule has 0 saturated heterocycles. The molecule has 0 heterocycles. The van der Waals surface area contributed by atoms with Crippen molar-refractivity contribution in [2.45, 2.75) is 46.9 Å². The fourth-order valence-corrected chi connectivity index (χ4v) is 2.51.